The molecule has 3 nitrogen and oxygen atoms in total. The maximum atomic E-state index is 12.3. The van der Waals surface area contributed by atoms with Crippen molar-refractivity contribution in [1.82, 2.24) is 4.90 Å². The van der Waals surface area contributed by atoms with Crippen molar-refractivity contribution in [3.05, 3.63) is 47.0 Å². The summed E-state index contributed by atoms with van der Waals surface area (Å²) < 4.78 is 0. The summed E-state index contributed by atoms with van der Waals surface area (Å²) in [5, 5.41) is 0. The molecule has 0 aromatic heterocycles. The van der Waals surface area contributed by atoms with E-state index in [0.717, 1.165) is 44.9 Å². The second kappa shape index (κ2) is 7.15. The van der Waals surface area contributed by atoms with Crippen molar-refractivity contribution in [1.29, 1.82) is 0 Å². The number of carbonyl (C=O) groups excluding carboxylic acids is 2. The van der Waals surface area contributed by atoms with Crippen LogP contribution < -0.4 is 0 Å². The highest BCUT2D eigenvalue weighted by Crippen LogP contribution is 2.54. The van der Waals surface area contributed by atoms with E-state index in [9.17, 15) is 9.59 Å². The topological polar surface area (TPSA) is 37.4 Å². The van der Waals surface area contributed by atoms with E-state index in [4.69, 9.17) is 0 Å². The molecule has 1 aliphatic heterocycles. The van der Waals surface area contributed by atoms with Crippen molar-refractivity contribution in [2.45, 2.75) is 77.2 Å². The van der Waals surface area contributed by atoms with Crippen molar-refractivity contribution in [3.63, 3.8) is 0 Å². The summed E-state index contributed by atoms with van der Waals surface area (Å²) in [7, 11) is 0. The molecular formula is C22H29NO2. The maximum Gasteiger partial charge on any atom is 0.254 e. The molecule has 1 aliphatic carbocycles. The molecule has 0 unspecified atom stereocenters. The SMILES string of the molecule is CCCc1cccc2c1C(CCC)(CCC)C[C@@H]2N1C(=O)C=CC1=O. The fourth-order valence-electron chi connectivity index (χ4n) is 5.09. The smallest absolute Gasteiger partial charge is 0.254 e. The Bertz CT molecular complexity index is 680. The molecule has 2 aliphatic rings. The minimum Gasteiger partial charge on any atom is -0.269 e. The first kappa shape index (κ1) is 17.9. The first-order valence-corrected chi connectivity index (χ1v) is 9.75. The van der Waals surface area contributed by atoms with Crippen LogP contribution in [0.15, 0.2) is 30.4 Å². The summed E-state index contributed by atoms with van der Waals surface area (Å²) in [4.78, 5) is 26.2. The third kappa shape index (κ3) is 2.94. The maximum absolute atomic E-state index is 12.3. The van der Waals surface area contributed by atoms with Crippen molar-refractivity contribution >= 4 is 11.8 Å². The molecule has 134 valence electrons. The molecule has 1 aromatic carbocycles. The van der Waals surface area contributed by atoms with E-state index in [2.05, 4.69) is 39.0 Å². The summed E-state index contributed by atoms with van der Waals surface area (Å²) in [6.45, 7) is 6.69. The number of carbonyl (C=O) groups is 2. The number of rotatable bonds is 7. The number of nitrogens with zero attached hydrogens (tertiary/aromatic N) is 1. The highest BCUT2D eigenvalue weighted by Gasteiger charge is 2.48. The monoisotopic (exact) mass is 339 g/mol. The average Bonchev–Trinajstić information content (AvgIpc) is 3.07. The van der Waals surface area contributed by atoms with Gasteiger partial charge in [0.1, 0.15) is 0 Å². The van der Waals surface area contributed by atoms with Gasteiger partial charge in [-0.25, -0.2) is 0 Å². The van der Waals surface area contributed by atoms with Crippen LogP contribution in [0.25, 0.3) is 0 Å². The average molecular weight is 339 g/mol. The fourth-order valence-corrected chi connectivity index (χ4v) is 5.09. The van der Waals surface area contributed by atoms with Gasteiger partial charge < -0.3 is 0 Å². The Morgan fingerprint density at radius 1 is 1.00 bits per heavy atom. The van der Waals surface area contributed by atoms with Crippen molar-refractivity contribution in [2.75, 3.05) is 0 Å². The van der Waals surface area contributed by atoms with Gasteiger partial charge in [-0.15, -0.1) is 0 Å². The number of fused-ring (bicyclic) bond motifs is 1. The van der Waals surface area contributed by atoms with E-state index in [1.165, 1.54) is 33.7 Å². The third-order valence-corrected chi connectivity index (χ3v) is 5.79. The Kier molecular flexibility index (Phi) is 5.12. The Hall–Kier alpha value is -1.90. The molecule has 3 rings (SSSR count). The molecular weight excluding hydrogens is 310 g/mol. The molecule has 0 fully saturated rings. The standard InChI is InChI=1S/C22H29NO2/c1-4-8-16-9-7-10-17-18(23-19(24)11-12-20(23)25)15-22(13-5-2,14-6-3)21(16)17/h7,9-12,18H,4-6,8,13-15H2,1-3H3/t18-/m0/s1. The van der Waals surface area contributed by atoms with Crippen LogP contribution in [0.1, 0.15) is 82.0 Å². The number of hydrogen-bond donors (Lipinski definition) is 0. The summed E-state index contributed by atoms with van der Waals surface area (Å²) in [5.41, 5.74) is 4.16. The van der Waals surface area contributed by atoms with E-state index < -0.39 is 0 Å². The number of hydrogen-bond acceptors (Lipinski definition) is 2. The zero-order valence-corrected chi connectivity index (χ0v) is 15.7. The molecule has 2 amide bonds. The van der Waals surface area contributed by atoms with Crippen LogP contribution in [0.5, 0.6) is 0 Å². The molecule has 1 heterocycles. The van der Waals surface area contributed by atoms with Crippen LogP contribution in [0.4, 0.5) is 0 Å². The molecule has 0 spiro atoms. The summed E-state index contributed by atoms with van der Waals surface area (Å²) >= 11 is 0. The Morgan fingerprint density at radius 2 is 1.64 bits per heavy atom. The van der Waals surface area contributed by atoms with Gasteiger partial charge in [-0.05, 0) is 47.8 Å². The first-order valence-electron chi connectivity index (χ1n) is 9.75. The Labute approximate surface area is 151 Å². The van der Waals surface area contributed by atoms with Crippen LogP contribution in [0.2, 0.25) is 0 Å². The predicted octanol–water partition coefficient (Wildman–Crippen LogP) is 4.85. The number of aryl methyl sites for hydroxylation is 1. The quantitative estimate of drug-likeness (QED) is 0.666. The van der Waals surface area contributed by atoms with Gasteiger partial charge in [-0.2, -0.15) is 0 Å². The second-order valence-corrected chi connectivity index (χ2v) is 7.51. The van der Waals surface area contributed by atoms with Crippen LogP contribution in [0, 0.1) is 0 Å². The van der Waals surface area contributed by atoms with Gasteiger partial charge in [0.05, 0.1) is 6.04 Å². The second-order valence-electron chi connectivity index (χ2n) is 7.51. The molecule has 0 saturated carbocycles. The van der Waals surface area contributed by atoms with Gasteiger partial charge in [0.25, 0.3) is 11.8 Å². The minimum atomic E-state index is -0.161. The molecule has 1 atom stereocenters. The van der Waals surface area contributed by atoms with Crippen molar-refractivity contribution < 1.29 is 9.59 Å². The molecule has 0 bridgehead atoms. The van der Waals surface area contributed by atoms with Crippen LogP contribution >= 0.6 is 0 Å². The van der Waals surface area contributed by atoms with Crippen LogP contribution in [0.3, 0.4) is 0 Å². The predicted molar refractivity (Wildman–Crippen MR) is 100 cm³/mol. The zero-order valence-electron chi connectivity index (χ0n) is 15.7. The molecule has 0 N–H and O–H groups in total. The molecule has 3 heteroatoms. The molecule has 0 radical (unpaired) electrons. The van der Waals surface area contributed by atoms with Crippen LogP contribution in [-0.4, -0.2) is 16.7 Å². The Morgan fingerprint density at radius 3 is 2.20 bits per heavy atom. The summed E-state index contributed by atoms with van der Waals surface area (Å²) in [6.07, 6.45) is 10.4. The van der Waals surface area contributed by atoms with E-state index in [0.29, 0.717) is 0 Å². The highest BCUT2D eigenvalue weighted by molar-refractivity contribution is 6.13. The summed E-state index contributed by atoms with van der Waals surface area (Å²) in [5.74, 6) is -0.323. The van der Waals surface area contributed by atoms with Gasteiger partial charge in [-0.3, -0.25) is 14.5 Å². The zero-order chi connectivity index (χ0) is 18.0. The third-order valence-electron chi connectivity index (χ3n) is 5.79. The van der Waals surface area contributed by atoms with Crippen molar-refractivity contribution in [2.24, 2.45) is 0 Å². The largest absolute Gasteiger partial charge is 0.269 e. The van der Waals surface area contributed by atoms with Crippen molar-refractivity contribution in [3.8, 4) is 0 Å². The first-order chi connectivity index (χ1) is 12.1. The highest BCUT2D eigenvalue weighted by atomic mass is 16.2. The lowest BCUT2D eigenvalue weighted by molar-refractivity contribution is -0.139. The van der Waals surface area contributed by atoms with Gasteiger partial charge in [0.15, 0.2) is 0 Å². The van der Waals surface area contributed by atoms with Gasteiger partial charge in [0.2, 0.25) is 0 Å². The van der Waals surface area contributed by atoms with Crippen LogP contribution in [-0.2, 0) is 21.4 Å². The van der Waals surface area contributed by atoms with E-state index >= 15 is 0 Å². The molecule has 1 aromatic rings. The summed E-state index contributed by atoms with van der Waals surface area (Å²) in [6, 6.07) is 6.38. The van der Waals surface area contributed by atoms with E-state index in [-0.39, 0.29) is 23.3 Å². The minimum absolute atomic E-state index is 0.0956. The normalized spacial score (nSPS) is 21.2. The number of benzene rings is 1. The lowest BCUT2D eigenvalue weighted by Gasteiger charge is -2.33. The molecule has 25 heavy (non-hydrogen) atoms. The van der Waals surface area contributed by atoms with Gasteiger partial charge >= 0.3 is 0 Å². The number of amides is 2. The van der Waals surface area contributed by atoms with E-state index in [1.807, 2.05) is 0 Å². The lowest BCUT2D eigenvalue weighted by atomic mass is 9.72. The molecule has 0 saturated heterocycles. The van der Waals surface area contributed by atoms with E-state index in [1.54, 1.807) is 0 Å². The number of imide groups is 1. The van der Waals surface area contributed by atoms with Gasteiger partial charge in [0, 0.05) is 12.2 Å². The lowest BCUT2D eigenvalue weighted by Crippen LogP contribution is -2.34. The Balaban J connectivity index is 2.13. The van der Waals surface area contributed by atoms with Gasteiger partial charge in [-0.1, -0.05) is 58.2 Å². The fraction of sp³-hybridized carbons (Fsp3) is 0.545.